The Labute approximate surface area is 149 Å². The molecule has 0 fully saturated rings. The summed E-state index contributed by atoms with van der Waals surface area (Å²) in [7, 11) is 1.46. The van der Waals surface area contributed by atoms with Crippen LogP contribution in [0.25, 0.3) is 0 Å². The average molecular weight is 378 g/mol. The summed E-state index contributed by atoms with van der Waals surface area (Å²) in [6, 6.07) is 9.53. The maximum Gasteiger partial charge on any atom is 0.229 e. The molecule has 8 heteroatoms. The van der Waals surface area contributed by atoms with Crippen molar-refractivity contribution in [2.24, 2.45) is 0 Å². The van der Waals surface area contributed by atoms with E-state index in [0.717, 1.165) is 5.69 Å². The van der Waals surface area contributed by atoms with Gasteiger partial charge in [0.1, 0.15) is 0 Å². The first-order valence-electron chi connectivity index (χ1n) is 6.25. The monoisotopic (exact) mass is 377 g/mol. The normalized spacial score (nSPS) is 14.0. The Hall–Kier alpha value is -2.15. The summed E-state index contributed by atoms with van der Waals surface area (Å²) in [5.41, 5.74) is 6.91. The number of thiocarbonyl (C=S) groups is 1. The van der Waals surface area contributed by atoms with Crippen molar-refractivity contribution in [2.75, 3.05) is 12.4 Å². The first-order chi connectivity index (χ1) is 10.2. The SMILES string of the molecule is COC1=CC=C/C(=C/NNC(=S)Nc2ccccc2)C1=O.O.[Ni]. The van der Waals surface area contributed by atoms with Gasteiger partial charge in [-0.05, 0) is 36.5 Å². The van der Waals surface area contributed by atoms with Crippen LogP contribution in [0.15, 0.2) is 66.1 Å². The average Bonchev–Trinajstić information content (AvgIpc) is 2.50. The van der Waals surface area contributed by atoms with Crippen LogP contribution in [0.1, 0.15) is 0 Å². The Morgan fingerprint density at radius 3 is 2.61 bits per heavy atom. The summed E-state index contributed by atoms with van der Waals surface area (Å²) < 4.78 is 4.97. The standard InChI is InChI=1S/C15H15N3O2S.Ni.H2O/c1-20-13-9-5-6-11(14(13)19)10-16-18-15(21)17-12-7-3-2-4-8-12;;/h2-10,16H,1H3,(H2,17,18,21);;1H2/b11-10-;;. The van der Waals surface area contributed by atoms with Gasteiger partial charge in [0.15, 0.2) is 10.9 Å². The third-order valence-electron chi connectivity index (χ3n) is 2.67. The zero-order valence-corrected chi connectivity index (χ0v) is 14.0. The van der Waals surface area contributed by atoms with E-state index in [1.807, 2.05) is 30.3 Å². The first kappa shape index (κ1) is 20.9. The molecule has 1 aliphatic rings. The van der Waals surface area contributed by atoms with Crippen molar-refractivity contribution in [1.29, 1.82) is 0 Å². The Kier molecular flexibility index (Phi) is 9.57. The number of hydrogen-bond donors (Lipinski definition) is 3. The molecule has 0 unspecified atom stereocenters. The third-order valence-corrected chi connectivity index (χ3v) is 2.88. The Bertz CT molecular complexity index is 630. The van der Waals surface area contributed by atoms with Crippen LogP contribution in [0, 0.1) is 0 Å². The quantitative estimate of drug-likeness (QED) is 0.316. The van der Waals surface area contributed by atoms with Crippen LogP contribution in [0.5, 0.6) is 0 Å². The number of ketones is 1. The molecule has 0 aromatic heterocycles. The maximum absolute atomic E-state index is 11.9. The van der Waals surface area contributed by atoms with Crippen LogP contribution in [0.3, 0.4) is 0 Å². The van der Waals surface area contributed by atoms with Gasteiger partial charge in [-0.1, -0.05) is 24.3 Å². The van der Waals surface area contributed by atoms with E-state index in [-0.39, 0.29) is 27.8 Å². The van der Waals surface area contributed by atoms with Gasteiger partial charge in [-0.3, -0.25) is 10.2 Å². The molecule has 5 N–H and O–H groups in total. The molecule has 1 aromatic carbocycles. The molecule has 0 radical (unpaired) electrons. The van der Waals surface area contributed by atoms with Gasteiger partial charge in [0, 0.05) is 34.0 Å². The van der Waals surface area contributed by atoms with Gasteiger partial charge in [0.2, 0.25) is 5.78 Å². The number of para-hydroxylation sites is 1. The molecule has 23 heavy (non-hydrogen) atoms. The fourth-order valence-corrected chi connectivity index (χ4v) is 1.85. The largest absolute Gasteiger partial charge is 0.493 e. The van der Waals surface area contributed by atoms with Gasteiger partial charge in [-0.15, -0.1) is 0 Å². The first-order valence-corrected chi connectivity index (χ1v) is 6.66. The molecule has 0 saturated carbocycles. The number of benzene rings is 1. The van der Waals surface area contributed by atoms with Gasteiger partial charge < -0.3 is 21.0 Å². The van der Waals surface area contributed by atoms with Crippen molar-refractivity contribution in [3.63, 3.8) is 0 Å². The number of methoxy groups -OCH3 is 1. The van der Waals surface area contributed by atoms with E-state index in [1.54, 1.807) is 18.2 Å². The maximum atomic E-state index is 11.9. The fourth-order valence-electron chi connectivity index (χ4n) is 1.67. The van der Waals surface area contributed by atoms with Gasteiger partial charge in [-0.2, -0.15) is 0 Å². The van der Waals surface area contributed by atoms with Crippen molar-refractivity contribution in [3.8, 4) is 0 Å². The van der Waals surface area contributed by atoms with E-state index in [9.17, 15) is 4.79 Å². The number of nitrogens with one attached hydrogen (secondary N) is 3. The summed E-state index contributed by atoms with van der Waals surface area (Å²) in [6.45, 7) is 0. The number of anilines is 1. The van der Waals surface area contributed by atoms with E-state index < -0.39 is 0 Å². The minimum Gasteiger partial charge on any atom is -0.493 e. The Morgan fingerprint density at radius 1 is 1.26 bits per heavy atom. The van der Waals surface area contributed by atoms with Gasteiger partial charge in [0.05, 0.1) is 7.11 Å². The number of ether oxygens (including phenoxy) is 1. The number of hydrogen-bond acceptors (Lipinski definition) is 4. The predicted molar refractivity (Wildman–Crippen MR) is 89.9 cm³/mol. The molecular formula is C15H17N3NiO3S. The van der Waals surface area contributed by atoms with E-state index in [2.05, 4.69) is 16.2 Å². The number of carbonyl (C=O) groups excluding carboxylic acids is 1. The Morgan fingerprint density at radius 2 is 1.96 bits per heavy atom. The Balaban J connectivity index is 0.00000242. The summed E-state index contributed by atoms with van der Waals surface area (Å²) in [5.74, 6) is 0.117. The minimum atomic E-state index is -0.184. The summed E-state index contributed by atoms with van der Waals surface area (Å²) >= 11 is 5.13. The van der Waals surface area contributed by atoms with Crippen molar-refractivity contribution in [3.05, 3.63) is 66.1 Å². The van der Waals surface area contributed by atoms with Crippen LogP contribution in [-0.4, -0.2) is 23.5 Å². The van der Waals surface area contributed by atoms with Crippen molar-refractivity contribution >= 4 is 28.8 Å². The van der Waals surface area contributed by atoms with Crippen molar-refractivity contribution in [1.82, 2.24) is 10.9 Å². The molecule has 0 spiro atoms. The van der Waals surface area contributed by atoms with Crippen molar-refractivity contribution in [2.45, 2.75) is 0 Å². The van der Waals surface area contributed by atoms with Gasteiger partial charge >= 0.3 is 0 Å². The summed E-state index contributed by atoms with van der Waals surface area (Å²) in [6.07, 6.45) is 6.58. The number of allylic oxidation sites excluding steroid dienone is 4. The predicted octanol–water partition coefficient (Wildman–Crippen LogP) is 1.20. The molecule has 0 saturated heterocycles. The molecular weight excluding hydrogens is 361 g/mol. The van der Waals surface area contributed by atoms with Gasteiger partial charge in [0.25, 0.3) is 0 Å². The fraction of sp³-hybridized carbons (Fsp3) is 0.0667. The van der Waals surface area contributed by atoms with E-state index in [1.165, 1.54) is 13.3 Å². The molecule has 1 aliphatic carbocycles. The number of carbonyl (C=O) groups is 1. The molecule has 0 bridgehead atoms. The summed E-state index contributed by atoms with van der Waals surface area (Å²) in [5, 5.41) is 3.40. The van der Waals surface area contributed by atoms with Crippen LogP contribution in [0.4, 0.5) is 5.69 Å². The molecule has 0 heterocycles. The van der Waals surface area contributed by atoms with Crippen LogP contribution < -0.4 is 16.2 Å². The molecule has 2 rings (SSSR count). The number of hydrazine groups is 1. The molecule has 0 atom stereocenters. The number of Topliss-reactive ketones (excluding diaryl/α,β-unsaturated/α-hetero) is 1. The van der Waals surface area contributed by atoms with Gasteiger partial charge in [-0.25, -0.2) is 0 Å². The number of rotatable bonds is 4. The molecule has 6 nitrogen and oxygen atoms in total. The second kappa shape index (κ2) is 10.6. The molecule has 0 amide bonds. The van der Waals surface area contributed by atoms with E-state index >= 15 is 0 Å². The zero-order chi connectivity index (χ0) is 15.1. The second-order valence-corrected chi connectivity index (χ2v) is 4.52. The minimum absolute atomic E-state index is 0. The summed E-state index contributed by atoms with van der Waals surface area (Å²) in [4.78, 5) is 11.9. The van der Waals surface area contributed by atoms with Crippen molar-refractivity contribution < 1.29 is 31.5 Å². The smallest absolute Gasteiger partial charge is 0.229 e. The molecule has 126 valence electrons. The zero-order valence-electron chi connectivity index (χ0n) is 12.2. The van der Waals surface area contributed by atoms with Crippen LogP contribution in [0.2, 0.25) is 0 Å². The molecule has 0 aliphatic heterocycles. The van der Waals surface area contributed by atoms with E-state index in [0.29, 0.717) is 16.4 Å². The van der Waals surface area contributed by atoms with Crippen LogP contribution in [-0.2, 0) is 26.0 Å². The molecule has 1 aromatic rings. The van der Waals surface area contributed by atoms with E-state index in [4.69, 9.17) is 17.0 Å². The third kappa shape index (κ3) is 6.24. The topological polar surface area (TPSA) is 93.9 Å². The van der Waals surface area contributed by atoms with Crippen LogP contribution >= 0.6 is 12.2 Å². The second-order valence-electron chi connectivity index (χ2n) is 4.11.